The molecule has 1 aliphatic carbocycles. The van der Waals surface area contributed by atoms with Crippen molar-refractivity contribution in [2.24, 2.45) is 5.92 Å². The minimum absolute atomic E-state index is 0.251. The lowest BCUT2D eigenvalue weighted by Crippen LogP contribution is -2.27. The highest BCUT2D eigenvalue weighted by molar-refractivity contribution is 7.92. The second-order valence-electron chi connectivity index (χ2n) is 5.64. The van der Waals surface area contributed by atoms with Gasteiger partial charge in [-0.05, 0) is 56.2 Å². The molecule has 2 rings (SSSR count). The summed E-state index contributed by atoms with van der Waals surface area (Å²) in [5.74, 6) is 0.696. The minimum Gasteiger partial charge on any atom is -0.398 e. The van der Waals surface area contributed by atoms with E-state index in [9.17, 15) is 8.42 Å². The van der Waals surface area contributed by atoms with Gasteiger partial charge >= 0.3 is 0 Å². The molecule has 0 radical (unpaired) electrons. The number of hydrogen-bond donors (Lipinski definition) is 1. The van der Waals surface area contributed by atoms with Gasteiger partial charge in [0.25, 0.3) is 0 Å². The first-order chi connectivity index (χ1) is 8.95. The first-order valence-electron chi connectivity index (χ1n) is 7.05. The topological polar surface area (TPSA) is 60.2 Å². The van der Waals surface area contributed by atoms with E-state index in [-0.39, 0.29) is 5.25 Å². The molecular weight excluding hydrogens is 258 g/mol. The predicted octanol–water partition coefficient (Wildman–Crippen LogP) is 3.32. The summed E-state index contributed by atoms with van der Waals surface area (Å²) in [6, 6.07) is 5.25. The van der Waals surface area contributed by atoms with Crippen LogP contribution in [0.15, 0.2) is 23.1 Å². The molecule has 4 heteroatoms. The van der Waals surface area contributed by atoms with E-state index < -0.39 is 9.84 Å². The van der Waals surface area contributed by atoms with Crippen molar-refractivity contribution >= 4 is 15.5 Å². The van der Waals surface area contributed by atoms with Crippen LogP contribution in [0.1, 0.15) is 44.6 Å². The lowest BCUT2D eigenvalue weighted by atomic mass is 9.87. The summed E-state index contributed by atoms with van der Waals surface area (Å²) in [6.45, 7) is 4.07. The second kappa shape index (κ2) is 5.53. The van der Waals surface area contributed by atoms with Crippen molar-refractivity contribution < 1.29 is 8.42 Å². The van der Waals surface area contributed by atoms with E-state index in [2.05, 4.69) is 6.92 Å². The standard InChI is InChI=1S/C15H23NO2S/c1-3-12-5-7-13(8-6-12)19(17,18)15-10-11(2)4-9-14(15)16/h4,9-10,12-13H,3,5-8,16H2,1-2H3. The molecule has 0 saturated heterocycles. The molecule has 0 heterocycles. The van der Waals surface area contributed by atoms with Crippen LogP contribution in [0.5, 0.6) is 0 Å². The van der Waals surface area contributed by atoms with Crippen molar-refractivity contribution in [2.45, 2.75) is 56.1 Å². The highest BCUT2D eigenvalue weighted by Gasteiger charge is 2.32. The maximum atomic E-state index is 12.7. The summed E-state index contributed by atoms with van der Waals surface area (Å²) in [5.41, 5.74) is 7.17. The van der Waals surface area contributed by atoms with E-state index >= 15 is 0 Å². The van der Waals surface area contributed by atoms with E-state index in [0.29, 0.717) is 16.5 Å². The SMILES string of the molecule is CCC1CCC(S(=O)(=O)c2cc(C)ccc2N)CC1. The van der Waals surface area contributed by atoms with Crippen LogP contribution in [-0.2, 0) is 9.84 Å². The van der Waals surface area contributed by atoms with Gasteiger partial charge < -0.3 is 5.73 Å². The molecule has 1 aromatic rings. The number of aryl methyl sites for hydroxylation is 1. The Labute approximate surface area is 116 Å². The molecule has 0 unspecified atom stereocenters. The third kappa shape index (κ3) is 2.94. The second-order valence-corrected chi connectivity index (χ2v) is 7.83. The molecule has 1 saturated carbocycles. The van der Waals surface area contributed by atoms with E-state index in [1.54, 1.807) is 12.1 Å². The van der Waals surface area contributed by atoms with Crippen molar-refractivity contribution in [3.05, 3.63) is 23.8 Å². The molecule has 19 heavy (non-hydrogen) atoms. The third-order valence-electron chi connectivity index (χ3n) is 4.29. The Bertz CT molecular complexity index is 543. The molecule has 1 aliphatic rings. The van der Waals surface area contributed by atoms with E-state index in [1.807, 2.05) is 13.0 Å². The van der Waals surface area contributed by atoms with Gasteiger partial charge in [-0.15, -0.1) is 0 Å². The number of sulfone groups is 1. The van der Waals surface area contributed by atoms with Gasteiger partial charge in [0.05, 0.1) is 15.8 Å². The van der Waals surface area contributed by atoms with Crippen molar-refractivity contribution in [1.82, 2.24) is 0 Å². The largest absolute Gasteiger partial charge is 0.398 e. The monoisotopic (exact) mass is 281 g/mol. The van der Waals surface area contributed by atoms with Crippen LogP contribution in [0, 0.1) is 12.8 Å². The molecule has 0 atom stereocenters. The number of rotatable bonds is 3. The van der Waals surface area contributed by atoms with Crippen LogP contribution >= 0.6 is 0 Å². The Kier molecular flexibility index (Phi) is 4.19. The van der Waals surface area contributed by atoms with Crippen molar-refractivity contribution in [1.29, 1.82) is 0 Å². The van der Waals surface area contributed by atoms with Gasteiger partial charge in [0.2, 0.25) is 0 Å². The quantitative estimate of drug-likeness (QED) is 0.865. The van der Waals surface area contributed by atoms with Gasteiger partial charge in [-0.25, -0.2) is 8.42 Å². The third-order valence-corrected chi connectivity index (χ3v) is 6.60. The van der Waals surface area contributed by atoms with Crippen molar-refractivity contribution in [3.63, 3.8) is 0 Å². The van der Waals surface area contributed by atoms with E-state index in [0.717, 1.165) is 37.7 Å². The van der Waals surface area contributed by atoms with Crippen LogP contribution in [0.2, 0.25) is 0 Å². The van der Waals surface area contributed by atoms with E-state index in [4.69, 9.17) is 5.73 Å². The fraction of sp³-hybridized carbons (Fsp3) is 0.600. The van der Waals surface area contributed by atoms with Crippen LogP contribution in [0.3, 0.4) is 0 Å². The summed E-state index contributed by atoms with van der Waals surface area (Å²) in [7, 11) is -3.27. The molecule has 1 fully saturated rings. The molecular formula is C15H23NO2S. The number of nitrogens with two attached hydrogens (primary N) is 1. The molecule has 0 amide bonds. The molecule has 2 N–H and O–H groups in total. The van der Waals surface area contributed by atoms with Gasteiger partial charge in [0.1, 0.15) is 0 Å². The van der Waals surface area contributed by atoms with Gasteiger partial charge in [0, 0.05) is 0 Å². The van der Waals surface area contributed by atoms with Crippen LogP contribution in [0.25, 0.3) is 0 Å². The summed E-state index contributed by atoms with van der Waals surface area (Å²) < 4.78 is 25.4. The Balaban J connectivity index is 2.26. The molecule has 1 aromatic carbocycles. The van der Waals surface area contributed by atoms with E-state index in [1.165, 1.54) is 0 Å². The first kappa shape index (κ1) is 14.4. The Morgan fingerprint density at radius 1 is 1.21 bits per heavy atom. The average molecular weight is 281 g/mol. The van der Waals surface area contributed by atoms with Crippen molar-refractivity contribution in [2.75, 3.05) is 5.73 Å². The number of nitrogen functional groups attached to an aromatic ring is 1. The minimum atomic E-state index is -3.27. The Hall–Kier alpha value is -1.03. The van der Waals surface area contributed by atoms with Gasteiger partial charge in [-0.3, -0.25) is 0 Å². The summed E-state index contributed by atoms with van der Waals surface area (Å²) >= 11 is 0. The summed E-state index contributed by atoms with van der Waals surface area (Å²) in [4.78, 5) is 0.326. The molecule has 0 spiro atoms. The normalized spacial score (nSPS) is 24.3. The zero-order valence-electron chi connectivity index (χ0n) is 11.7. The summed E-state index contributed by atoms with van der Waals surface area (Å²) in [6.07, 6.45) is 4.74. The van der Waals surface area contributed by atoms with Crippen LogP contribution in [-0.4, -0.2) is 13.7 Å². The van der Waals surface area contributed by atoms with Crippen molar-refractivity contribution in [3.8, 4) is 0 Å². The lowest BCUT2D eigenvalue weighted by Gasteiger charge is -2.28. The number of benzene rings is 1. The number of anilines is 1. The lowest BCUT2D eigenvalue weighted by molar-refractivity contribution is 0.348. The smallest absolute Gasteiger partial charge is 0.183 e. The molecule has 0 aliphatic heterocycles. The van der Waals surface area contributed by atoms with Gasteiger partial charge in [0.15, 0.2) is 9.84 Å². The van der Waals surface area contributed by atoms with Gasteiger partial charge in [-0.1, -0.05) is 19.4 Å². The van der Waals surface area contributed by atoms with Gasteiger partial charge in [-0.2, -0.15) is 0 Å². The molecule has 3 nitrogen and oxygen atoms in total. The maximum Gasteiger partial charge on any atom is 0.183 e. The summed E-state index contributed by atoms with van der Waals surface area (Å²) in [5, 5.41) is -0.251. The number of hydrogen-bond acceptors (Lipinski definition) is 3. The van der Waals surface area contributed by atoms with Crippen LogP contribution < -0.4 is 5.73 Å². The maximum absolute atomic E-state index is 12.7. The molecule has 0 bridgehead atoms. The fourth-order valence-corrected chi connectivity index (χ4v) is 4.92. The highest BCUT2D eigenvalue weighted by Crippen LogP contribution is 2.34. The fourth-order valence-electron chi connectivity index (χ4n) is 2.92. The zero-order chi connectivity index (χ0) is 14.0. The zero-order valence-corrected chi connectivity index (χ0v) is 12.5. The Morgan fingerprint density at radius 3 is 2.42 bits per heavy atom. The van der Waals surface area contributed by atoms with Crippen LogP contribution in [0.4, 0.5) is 5.69 Å². The average Bonchev–Trinajstić information content (AvgIpc) is 2.41. The predicted molar refractivity (Wildman–Crippen MR) is 78.8 cm³/mol. The Morgan fingerprint density at radius 2 is 1.84 bits per heavy atom. The molecule has 0 aromatic heterocycles. The highest BCUT2D eigenvalue weighted by atomic mass is 32.2. The molecule has 106 valence electrons. The first-order valence-corrected chi connectivity index (χ1v) is 8.59.